The van der Waals surface area contributed by atoms with E-state index in [0.717, 1.165) is 18.4 Å². The summed E-state index contributed by atoms with van der Waals surface area (Å²) in [6.07, 6.45) is 3.47. The third-order valence-corrected chi connectivity index (χ3v) is 8.04. The second-order valence-electron chi connectivity index (χ2n) is 8.11. The molecule has 2 aliphatic rings. The Kier molecular flexibility index (Phi) is 4.44. The molecule has 0 amide bonds. The molecular formula is C20H24N6O3S. The maximum Gasteiger partial charge on any atom is 0.346 e. The minimum absolute atomic E-state index is 0.0698. The predicted octanol–water partition coefficient (Wildman–Crippen LogP) is 0.913. The molecule has 0 radical (unpaired) electrons. The molecule has 0 spiro atoms. The van der Waals surface area contributed by atoms with Gasteiger partial charge in [0.05, 0.1) is 6.54 Å². The van der Waals surface area contributed by atoms with Gasteiger partial charge in [-0.25, -0.2) is 22.9 Å². The van der Waals surface area contributed by atoms with Gasteiger partial charge in [-0.05, 0) is 25.3 Å². The molecule has 5 rings (SSSR count). The number of sulfonamides is 1. The second-order valence-corrected chi connectivity index (χ2v) is 9.90. The SMILES string of the molecule is Cc1nc(S(=O)(=O)N2C3CCC2Cn2c(nn(Cc4ccccc4)c2=O)C3)cn1C. The summed E-state index contributed by atoms with van der Waals surface area (Å²) in [5.41, 5.74) is 0.818. The van der Waals surface area contributed by atoms with Crippen LogP contribution in [0.2, 0.25) is 0 Å². The van der Waals surface area contributed by atoms with Crippen LogP contribution in [0, 0.1) is 6.92 Å². The van der Waals surface area contributed by atoms with E-state index in [1.807, 2.05) is 30.3 Å². The normalized spacial score (nSPS) is 21.5. The molecule has 10 heteroatoms. The molecular weight excluding hydrogens is 404 g/mol. The number of aryl methyl sites for hydroxylation is 2. The number of imidazole rings is 1. The van der Waals surface area contributed by atoms with Gasteiger partial charge in [0.2, 0.25) is 0 Å². The fourth-order valence-corrected chi connectivity index (χ4v) is 6.45. The molecule has 3 aromatic rings. The van der Waals surface area contributed by atoms with Crippen LogP contribution in [0.15, 0.2) is 46.3 Å². The van der Waals surface area contributed by atoms with E-state index in [9.17, 15) is 13.2 Å². The fraction of sp³-hybridized carbons (Fsp3) is 0.450. The summed E-state index contributed by atoms with van der Waals surface area (Å²) < 4.78 is 33.2. The van der Waals surface area contributed by atoms with Gasteiger partial charge in [-0.3, -0.25) is 4.57 Å². The van der Waals surface area contributed by atoms with Crippen LogP contribution in [0.25, 0.3) is 0 Å². The van der Waals surface area contributed by atoms with Crippen molar-refractivity contribution in [2.24, 2.45) is 7.05 Å². The molecule has 2 bridgehead atoms. The summed E-state index contributed by atoms with van der Waals surface area (Å²) in [4.78, 5) is 17.2. The maximum absolute atomic E-state index is 13.4. The lowest BCUT2D eigenvalue weighted by Crippen LogP contribution is -2.43. The number of rotatable bonds is 4. The highest BCUT2D eigenvalue weighted by molar-refractivity contribution is 7.89. The van der Waals surface area contributed by atoms with E-state index >= 15 is 0 Å². The van der Waals surface area contributed by atoms with Crippen molar-refractivity contribution in [1.82, 2.24) is 28.2 Å². The summed E-state index contributed by atoms with van der Waals surface area (Å²) in [6, 6.07) is 9.25. The zero-order valence-electron chi connectivity index (χ0n) is 17.0. The first-order valence-corrected chi connectivity index (χ1v) is 11.5. The highest BCUT2D eigenvalue weighted by atomic mass is 32.2. The smallest absolute Gasteiger partial charge is 0.337 e. The highest BCUT2D eigenvalue weighted by Gasteiger charge is 2.46. The van der Waals surface area contributed by atoms with Crippen molar-refractivity contribution in [3.8, 4) is 0 Å². The van der Waals surface area contributed by atoms with Crippen molar-refractivity contribution >= 4 is 10.0 Å². The number of aromatic nitrogens is 5. The molecule has 9 nitrogen and oxygen atoms in total. The number of hydrogen-bond acceptors (Lipinski definition) is 5. The third kappa shape index (κ3) is 3.02. The first kappa shape index (κ1) is 19.3. The topological polar surface area (TPSA) is 95.0 Å². The third-order valence-electron chi connectivity index (χ3n) is 6.17. The molecule has 4 heterocycles. The first-order valence-electron chi connectivity index (χ1n) is 10.1. The molecule has 1 aromatic carbocycles. The fourth-order valence-electron chi connectivity index (χ4n) is 4.55. The summed E-state index contributed by atoms with van der Waals surface area (Å²) in [7, 11) is -1.96. The Morgan fingerprint density at radius 1 is 1.13 bits per heavy atom. The van der Waals surface area contributed by atoms with E-state index in [1.54, 1.807) is 33.6 Å². The van der Waals surface area contributed by atoms with Gasteiger partial charge in [-0.2, -0.15) is 9.40 Å². The zero-order valence-corrected chi connectivity index (χ0v) is 17.8. The average Bonchev–Trinajstić information content (AvgIpc) is 3.31. The van der Waals surface area contributed by atoms with Gasteiger partial charge in [0.15, 0.2) is 5.03 Å². The Labute approximate surface area is 174 Å². The Hall–Kier alpha value is -2.72. The van der Waals surface area contributed by atoms with Crippen LogP contribution in [0.1, 0.15) is 30.1 Å². The molecule has 2 unspecified atom stereocenters. The number of benzene rings is 1. The van der Waals surface area contributed by atoms with Crippen molar-refractivity contribution in [3.05, 3.63) is 64.2 Å². The number of hydrogen-bond donors (Lipinski definition) is 0. The lowest BCUT2D eigenvalue weighted by Gasteiger charge is -2.25. The molecule has 0 aliphatic carbocycles. The number of nitrogens with zero attached hydrogens (tertiary/aromatic N) is 6. The Morgan fingerprint density at radius 3 is 2.57 bits per heavy atom. The van der Waals surface area contributed by atoms with Crippen molar-refractivity contribution in [3.63, 3.8) is 0 Å². The van der Waals surface area contributed by atoms with Crippen molar-refractivity contribution in [2.45, 2.75) is 56.4 Å². The maximum atomic E-state index is 13.4. The molecule has 0 saturated carbocycles. The monoisotopic (exact) mass is 428 g/mol. The van der Waals surface area contributed by atoms with Crippen LogP contribution in [-0.2, 0) is 36.6 Å². The summed E-state index contributed by atoms with van der Waals surface area (Å²) in [5.74, 6) is 1.30. The van der Waals surface area contributed by atoms with Gasteiger partial charge < -0.3 is 4.57 Å². The molecule has 30 heavy (non-hydrogen) atoms. The Balaban J connectivity index is 1.47. The van der Waals surface area contributed by atoms with Gasteiger partial charge in [0.1, 0.15) is 11.6 Å². The Morgan fingerprint density at radius 2 is 1.87 bits per heavy atom. The van der Waals surface area contributed by atoms with E-state index in [-0.39, 0.29) is 22.8 Å². The zero-order chi connectivity index (χ0) is 21.0. The molecule has 2 atom stereocenters. The minimum atomic E-state index is -3.74. The van der Waals surface area contributed by atoms with Crippen molar-refractivity contribution < 1.29 is 8.42 Å². The molecule has 0 N–H and O–H groups in total. The quantitative estimate of drug-likeness (QED) is 0.616. The molecule has 158 valence electrons. The van der Waals surface area contributed by atoms with Crippen LogP contribution in [0.4, 0.5) is 0 Å². The van der Waals surface area contributed by atoms with E-state index in [0.29, 0.717) is 31.2 Å². The Bertz CT molecular complexity index is 1240. The first-order chi connectivity index (χ1) is 14.3. The van der Waals surface area contributed by atoms with E-state index < -0.39 is 10.0 Å². The van der Waals surface area contributed by atoms with Crippen molar-refractivity contribution in [2.75, 3.05) is 0 Å². The minimum Gasteiger partial charge on any atom is -0.337 e. The lowest BCUT2D eigenvalue weighted by molar-refractivity contribution is 0.311. The lowest BCUT2D eigenvalue weighted by atomic mass is 10.1. The summed E-state index contributed by atoms with van der Waals surface area (Å²) in [5, 5.41) is 4.63. The average molecular weight is 429 g/mol. The molecule has 2 aromatic heterocycles. The van der Waals surface area contributed by atoms with Crippen LogP contribution in [-0.4, -0.2) is 48.7 Å². The van der Waals surface area contributed by atoms with Gasteiger partial charge in [-0.15, -0.1) is 0 Å². The summed E-state index contributed by atoms with van der Waals surface area (Å²) >= 11 is 0. The van der Waals surface area contributed by atoms with Crippen molar-refractivity contribution in [1.29, 1.82) is 0 Å². The predicted molar refractivity (Wildman–Crippen MR) is 110 cm³/mol. The molecule has 1 saturated heterocycles. The van der Waals surface area contributed by atoms with E-state index in [2.05, 4.69) is 10.1 Å². The van der Waals surface area contributed by atoms with Gasteiger partial charge in [0, 0.05) is 38.3 Å². The highest BCUT2D eigenvalue weighted by Crippen LogP contribution is 2.35. The molecule has 2 aliphatic heterocycles. The van der Waals surface area contributed by atoms with Crippen LogP contribution < -0.4 is 5.69 Å². The standard InChI is InChI=1S/C20H24N6O3S/c1-14-21-19(13-23(14)2)30(28,29)26-16-8-9-17(26)12-24-18(10-16)22-25(20(24)27)11-15-6-4-3-5-7-15/h3-7,13,16-17H,8-12H2,1-2H3. The van der Waals surface area contributed by atoms with Gasteiger partial charge >= 0.3 is 5.69 Å². The second kappa shape index (κ2) is 6.92. The van der Waals surface area contributed by atoms with Crippen LogP contribution in [0.5, 0.6) is 0 Å². The van der Waals surface area contributed by atoms with E-state index in [1.165, 1.54) is 4.68 Å². The van der Waals surface area contributed by atoms with Crippen LogP contribution in [0.3, 0.4) is 0 Å². The van der Waals surface area contributed by atoms with E-state index in [4.69, 9.17) is 0 Å². The summed E-state index contributed by atoms with van der Waals surface area (Å²) in [6.45, 7) is 2.51. The van der Waals surface area contributed by atoms with Crippen LogP contribution >= 0.6 is 0 Å². The largest absolute Gasteiger partial charge is 0.346 e. The molecule has 1 fully saturated rings. The van der Waals surface area contributed by atoms with Gasteiger partial charge in [0.25, 0.3) is 10.0 Å². The number of fused-ring (bicyclic) bond motifs is 3. The van der Waals surface area contributed by atoms with Gasteiger partial charge in [-0.1, -0.05) is 30.3 Å².